The van der Waals surface area contributed by atoms with Crippen molar-refractivity contribution in [3.05, 3.63) is 56.9 Å². The van der Waals surface area contributed by atoms with Gasteiger partial charge in [0.25, 0.3) is 5.91 Å². The Morgan fingerprint density at radius 2 is 1.78 bits per heavy atom. The van der Waals surface area contributed by atoms with Gasteiger partial charge in [0, 0.05) is 22.7 Å². The van der Waals surface area contributed by atoms with Crippen molar-refractivity contribution < 1.29 is 27.9 Å². The van der Waals surface area contributed by atoms with Gasteiger partial charge < -0.3 is 20.6 Å². The molecule has 27 heavy (non-hydrogen) atoms. The van der Waals surface area contributed by atoms with Crippen LogP contribution in [0.15, 0.2) is 30.3 Å². The second-order valence-corrected chi connectivity index (χ2v) is 7.16. The highest BCUT2D eigenvalue weighted by molar-refractivity contribution is 14.1. The smallest absolute Gasteiger partial charge is 0.407 e. The number of likely N-dealkylation sites (tertiary alicyclic amines) is 1. The third-order valence-electron chi connectivity index (χ3n) is 3.97. The number of hydrogen-bond acceptors (Lipinski definition) is 3. The number of anilines is 2. The van der Waals surface area contributed by atoms with Crippen LogP contribution in [0.25, 0.3) is 0 Å². The molecule has 0 unspecified atom stereocenters. The van der Waals surface area contributed by atoms with Gasteiger partial charge >= 0.3 is 6.09 Å². The van der Waals surface area contributed by atoms with E-state index < -0.39 is 41.1 Å². The molecule has 1 heterocycles. The number of nitrogens with one attached hydrogen (secondary N) is 2. The molecule has 0 saturated carbocycles. The van der Waals surface area contributed by atoms with Gasteiger partial charge in [0.2, 0.25) is 0 Å². The van der Waals surface area contributed by atoms with Gasteiger partial charge in [-0.1, -0.05) is 0 Å². The minimum absolute atomic E-state index is 0.0461. The summed E-state index contributed by atoms with van der Waals surface area (Å²) in [6.07, 6.45) is -1.12. The summed E-state index contributed by atoms with van der Waals surface area (Å²) in [5.41, 5.74) is -0.766. The fraction of sp³-hybridized carbons (Fsp3) is 0.176. The summed E-state index contributed by atoms with van der Waals surface area (Å²) in [4.78, 5) is 24.3. The third-order valence-corrected chi connectivity index (χ3v) is 4.64. The summed E-state index contributed by atoms with van der Waals surface area (Å²) in [6.45, 7) is 0.136. The van der Waals surface area contributed by atoms with Crippen LogP contribution in [0.4, 0.5) is 29.3 Å². The summed E-state index contributed by atoms with van der Waals surface area (Å²) in [7, 11) is 0. The van der Waals surface area contributed by atoms with Gasteiger partial charge in [0.15, 0.2) is 0 Å². The second-order valence-electron chi connectivity index (χ2n) is 5.92. The number of hydrogen-bond donors (Lipinski definition) is 3. The predicted octanol–water partition coefficient (Wildman–Crippen LogP) is 3.54. The van der Waals surface area contributed by atoms with E-state index in [1.807, 2.05) is 22.6 Å². The molecule has 2 aromatic rings. The topological polar surface area (TPSA) is 81.7 Å². The first-order valence-corrected chi connectivity index (χ1v) is 8.82. The fourth-order valence-electron chi connectivity index (χ4n) is 2.62. The Morgan fingerprint density at radius 3 is 2.41 bits per heavy atom. The molecular formula is C17H13F3IN3O3. The normalized spacial score (nSPS) is 13.9. The minimum Gasteiger partial charge on any atom is -0.465 e. The van der Waals surface area contributed by atoms with Crippen LogP contribution in [-0.2, 0) is 0 Å². The van der Waals surface area contributed by atoms with E-state index in [9.17, 15) is 22.8 Å². The molecule has 0 spiro atoms. The summed E-state index contributed by atoms with van der Waals surface area (Å²) >= 11 is 1.91. The van der Waals surface area contributed by atoms with Gasteiger partial charge in [-0.2, -0.15) is 0 Å². The Morgan fingerprint density at radius 1 is 1.07 bits per heavy atom. The SMILES string of the molecule is O=C(NC1CN(C(=O)O)C1)c1c(F)cc(F)cc1Nc1ccc(I)cc1F. The van der Waals surface area contributed by atoms with E-state index in [1.54, 1.807) is 6.07 Å². The van der Waals surface area contributed by atoms with Crippen molar-refractivity contribution in [2.24, 2.45) is 0 Å². The Hall–Kier alpha value is -2.50. The fourth-order valence-corrected chi connectivity index (χ4v) is 3.08. The molecular weight excluding hydrogens is 478 g/mol. The Kier molecular flexibility index (Phi) is 5.44. The third kappa shape index (κ3) is 4.26. The molecule has 2 aromatic carbocycles. The number of nitrogens with zero attached hydrogens (tertiary/aromatic N) is 1. The molecule has 0 aromatic heterocycles. The van der Waals surface area contributed by atoms with Gasteiger partial charge in [-0.25, -0.2) is 18.0 Å². The van der Waals surface area contributed by atoms with Gasteiger partial charge in [-0.05, 0) is 46.9 Å². The van der Waals surface area contributed by atoms with E-state index in [1.165, 1.54) is 12.1 Å². The van der Waals surface area contributed by atoms with E-state index in [2.05, 4.69) is 10.6 Å². The zero-order valence-corrected chi connectivity index (χ0v) is 15.8. The van der Waals surface area contributed by atoms with Crippen LogP contribution in [0.2, 0.25) is 0 Å². The maximum Gasteiger partial charge on any atom is 0.407 e. The molecule has 1 saturated heterocycles. The van der Waals surface area contributed by atoms with Gasteiger partial charge in [0.1, 0.15) is 17.5 Å². The average molecular weight is 491 g/mol. The minimum atomic E-state index is -1.12. The van der Waals surface area contributed by atoms with Crippen molar-refractivity contribution in [1.82, 2.24) is 10.2 Å². The monoisotopic (exact) mass is 491 g/mol. The Balaban J connectivity index is 1.84. The first-order chi connectivity index (χ1) is 12.7. The van der Waals surface area contributed by atoms with Crippen LogP contribution in [-0.4, -0.2) is 41.1 Å². The summed E-state index contributed by atoms with van der Waals surface area (Å²) in [5.74, 6) is -3.54. The molecule has 2 amide bonds. The van der Waals surface area contributed by atoms with Crippen molar-refractivity contribution in [2.75, 3.05) is 18.4 Å². The number of amides is 2. The zero-order valence-electron chi connectivity index (χ0n) is 13.6. The highest BCUT2D eigenvalue weighted by Gasteiger charge is 2.32. The first kappa shape index (κ1) is 19.3. The number of benzene rings is 2. The highest BCUT2D eigenvalue weighted by Crippen LogP contribution is 2.27. The van der Waals surface area contributed by atoms with Crippen LogP contribution in [0.3, 0.4) is 0 Å². The summed E-state index contributed by atoms with van der Waals surface area (Å²) in [5, 5.41) is 13.8. The van der Waals surface area contributed by atoms with E-state index in [0.717, 1.165) is 11.0 Å². The molecule has 1 fully saturated rings. The maximum atomic E-state index is 14.3. The zero-order chi connectivity index (χ0) is 19.7. The lowest BCUT2D eigenvalue weighted by atomic mass is 10.1. The molecule has 3 N–H and O–H groups in total. The van der Waals surface area contributed by atoms with Crippen LogP contribution in [0.1, 0.15) is 10.4 Å². The quantitative estimate of drug-likeness (QED) is 0.572. The number of carbonyl (C=O) groups excluding carboxylic acids is 1. The molecule has 142 valence electrons. The standard InChI is InChI=1S/C17H13F3IN3O3/c18-8-3-12(20)15(16(25)22-10-6-24(7-10)17(26)27)14(4-8)23-13-2-1-9(21)5-11(13)19/h1-5,10,23H,6-7H2,(H,22,25)(H,26,27). The van der Waals surface area contributed by atoms with Crippen LogP contribution in [0.5, 0.6) is 0 Å². The number of rotatable bonds is 4. The van der Waals surface area contributed by atoms with E-state index >= 15 is 0 Å². The highest BCUT2D eigenvalue weighted by atomic mass is 127. The second kappa shape index (κ2) is 7.62. The summed E-state index contributed by atoms with van der Waals surface area (Å²) in [6, 6.07) is 5.16. The maximum absolute atomic E-state index is 14.3. The molecule has 0 atom stereocenters. The lowest BCUT2D eigenvalue weighted by Crippen LogP contribution is -2.60. The first-order valence-electron chi connectivity index (χ1n) is 7.74. The molecule has 6 nitrogen and oxygen atoms in total. The number of carbonyl (C=O) groups is 2. The van der Waals surface area contributed by atoms with Crippen molar-refractivity contribution in [3.63, 3.8) is 0 Å². The van der Waals surface area contributed by atoms with Crippen LogP contribution < -0.4 is 10.6 Å². The van der Waals surface area contributed by atoms with E-state index in [4.69, 9.17) is 5.11 Å². The number of carboxylic acid groups (broad SMARTS) is 1. The van der Waals surface area contributed by atoms with Crippen molar-refractivity contribution >= 4 is 46.0 Å². The van der Waals surface area contributed by atoms with E-state index in [-0.39, 0.29) is 24.5 Å². The molecule has 0 radical (unpaired) electrons. The largest absolute Gasteiger partial charge is 0.465 e. The lowest BCUT2D eigenvalue weighted by molar-refractivity contribution is 0.0765. The van der Waals surface area contributed by atoms with Gasteiger partial charge in [-0.3, -0.25) is 4.79 Å². The molecule has 0 bridgehead atoms. The van der Waals surface area contributed by atoms with Crippen molar-refractivity contribution in [3.8, 4) is 0 Å². The molecule has 1 aliphatic heterocycles. The molecule has 0 aliphatic carbocycles. The predicted molar refractivity (Wildman–Crippen MR) is 99.6 cm³/mol. The Bertz CT molecular complexity index is 920. The van der Waals surface area contributed by atoms with Crippen LogP contribution in [0, 0.1) is 21.0 Å². The average Bonchev–Trinajstić information content (AvgIpc) is 2.52. The van der Waals surface area contributed by atoms with Crippen molar-refractivity contribution in [1.29, 1.82) is 0 Å². The molecule has 3 rings (SSSR count). The van der Waals surface area contributed by atoms with Crippen LogP contribution >= 0.6 is 22.6 Å². The van der Waals surface area contributed by atoms with E-state index in [0.29, 0.717) is 9.64 Å². The Labute approximate surface area is 165 Å². The van der Waals surface area contributed by atoms with Gasteiger partial charge in [-0.15, -0.1) is 0 Å². The van der Waals surface area contributed by atoms with Gasteiger partial charge in [0.05, 0.1) is 23.0 Å². The summed E-state index contributed by atoms with van der Waals surface area (Å²) < 4.78 is 42.6. The lowest BCUT2D eigenvalue weighted by Gasteiger charge is -2.37. The van der Waals surface area contributed by atoms with Crippen molar-refractivity contribution in [2.45, 2.75) is 6.04 Å². The molecule has 10 heteroatoms. The molecule has 1 aliphatic rings. The number of halogens is 4.